The van der Waals surface area contributed by atoms with Crippen molar-refractivity contribution < 1.29 is 4.79 Å². The molecule has 0 radical (unpaired) electrons. The van der Waals surface area contributed by atoms with E-state index >= 15 is 0 Å². The summed E-state index contributed by atoms with van der Waals surface area (Å²) in [7, 11) is 0. The Hall–Kier alpha value is -0.570. The average molecular weight is 228 g/mol. The number of hydrogen-bond acceptors (Lipinski definition) is 2. The fourth-order valence-corrected chi connectivity index (χ4v) is 1.83. The van der Waals surface area contributed by atoms with Gasteiger partial charge in [-0.05, 0) is 26.8 Å². The monoisotopic (exact) mass is 228 g/mol. The third-order valence-electron chi connectivity index (χ3n) is 2.75. The van der Waals surface area contributed by atoms with Crippen molar-refractivity contribution in [1.29, 1.82) is 0 Å². The molecule has 0 aromatic carbocycles. The molecule has 0 fully saturated rings. The first-order valence-electron chi connectivity index (χ1n) is 6.51. The lowest BCUT2D eigenvalue weighted by Gasteiger charge is -2.24. The van der Waals surface area contributed by atoms with Gasteiger partial charge in [0.15, 0.2) is 0 Å². The van der Waals surface area contributed by atoms with E-state index in [1.54, 1.807) is 0 Å². The van der Waals surface area contributed by atoms with Crippen LogP contribution in [0.25, 0.3) is 0 Å². The third-order valence-corrected chi connectivity index (χ3v) is 2.75. The number of rotatable bonds is 10. The van der Waals surface area contributed by atoms with Gasteiger partial charge in [-0.1, -0.05) is 39.0 Å². The molecule has 0 spiro atoms. The molecule has 0 atom stereocenters. The van der Waals surface area contributed by atoms with Crippen LogP contribution >= 0.6 is 0 Å². The Kier molecular flexibility index (Phi) is 8.26. The van der Waals surface area contributed by atoms with E-state index in [4.69, 9.17) is 5.73 Å². The quantitative estimate of drug-likeness (QED) is 0.565. The van der Waals surface area contributed by atoms with Crippen molar-refractivity contribution in [3.05, 3.63) is 0 Å². The first-order chi connectivity index (χ1) is 7.48. The second-order valence-corrected chi connectivity index (χ2v) is 5.22. The van der Waals surface area contributed by atoms with Crippen LogP contribution in [-0.4, -0.2) is 18.0 Å². The molecule has 3 nitrogen and oxygen atoms in total. The number of nitrogens with two attached hydrogens (primary N) is 1. The lowest BCUT2D eigenvalue weighted by atomic mass is 10.00. The minimum absolute atomic E-state index is 0.157. The summed E-state index contributed by atoms with van der Waals surface area (Å²) in [6, 6.07) is 0. The van der Waals surface area contributed by atoms with Gasteiger partial charge in [0.05, 0.1) is 0 Å². The molecule has 0 aromatic rings. The fourth-order valence-electron chi connectivity index (χ4n) is 1.83. The van der Waals surface area contributed by atoms with Crippen molar-refractivity contribution in [2.24, 2.45) is 5.73 Å². The van der Waals surface area contributed by atoms with Crippen molar-refractivity contribution in [3.63, 3.8) is 0 Å². The molecule has 96 valence electrons. The molecule has 0 saturated heterocycles. The molecule has 0 saturated carbocycles. The molecule has 0 unspecified atom stereocenters. The van der Waals surface area contributed by atoms with Crippen LogP contribution in [0.5, 0.6) is 0 Å². The van der Waals surface area contributed by atoms with Crippen LogP contribution in [0.1, 0.15) is 65.7 Å². The number of carbonyl (C=O) groups is 1. The normalized spacial score (nSPS) is 11.7. The Balaban J connectivity index is 3.39. The zero-order valence-electron chi connectivity index (χ0n) is 11.1. The molecular formula is C13H28N2O. The molecule has 0 rings (SSSR count). The molecular weight excluding hydrogens is 200 g/mol. The maximum Gasteiger partial charge on any atom is 0.219 e. The standard InChI is InChI=1S/C13H28N2O/c1-4-5-6-7-8-9-10-15-13(2,3)11-12(14)16/h15H,4-11H2,1-3H3,(H2,14,16). The molecule has 0 aromatic heterocycles. The first-order valence-corrected chi connectivity index (χ1v) is 6.51. The minimum Gasteiger partial charge on any atom is -0.370 e. The lowest BCUT2D eigenvalue weighted by molar-refractivity contribution is -0.119. The van der Waals surface area contributed by atoms with Gasteiger partial charge in [0.2, 0.25) is 5.91 Å². The zero-order valence-corrected chi connectivity index (χ0v) is 11.1. The number of amides is 1. The third kappa shape index (κ3) is 9.97. The predicted octanol–water partition coefficient (Wildman–Crippen LogP) is 2.59. The summed E-state index contributed by atoms with van der Waals surface area (Å²) < 4.78 is 0. The van der Waals surface area contributed by atoms with Gasteiger partial charge in [0.1, 0.15) is 0 Å². The van der Waals surface area contributed by atoms with Crippen molar-refractivity contribution in [2.75, 3.05) is 6.54 Å². The second kappa shape index (κ2) is 8.57. The summed E-state index contributed by atoms with van der Waals surface area (Å²) in [6.07, 6.45) is 8.19. The van der Waals surface area contributed by atoms with E-state index in [1.807, 2.05) is 13.8 Å². The molecule has 0 aliphatic rings. The van der Waals surface area contributed by atoms with E-state index in [0.717, 1.165) is 6.54 Å². The average Bonchev–Trinajstić information content (AvgIpc) is 2.14. The summed E-state index contributed by atoms with van der Waals surface area (Å²) in [5.41, 5.74) is 5.03. The maximum absolute atomic E-state index is 10.8. The van der Waals surface area contributed by atoms with Crippen LogP contribution in [0.15, 0.2) is 0 Å². The molecule has 1 amide bonds. The van der Waals surface area contributed by atoms with Crippen LogP contribution in [0.2, 0.25) is 0 Å². The van der Waals surface area contributed by atoms with Gasteiger partial charge in [0.25, 0.3) is 0 Å². The van der Waals surface area contributed by atoms with Crippen LogP contribution in [-0.2, 0) is 4.79 Å². The Bertz CT molecular complexity index is 190. The molecule has 3 N–H and O–H groups in total. The van der Waals surface area contributed by atoms with Gasteiger partial charge < -0.3 is 11.1 Å². The summed E-state index contributed by atoms with van der Waals surface area (Å²) in [4.78, 5) is 10.8. The summed E-state index contributed by atoms with van der Waals surface area (Å²) in [5.74, 6) is -0.236. The van der Waals surface area contributed by atoms with Crippen LogP contribution in [0, 0.1) is 0 Å². The smallest absolute Gasteiger partial charge is 0.219 e. The topological polar surface area (TPSA) is 55.1 Å². The molecule has 0 aliphatic heterocycles. The first kappa shape index (κ1) is 15.4. The summed E-state index contributed by atoms with van der Waals surface area (Å²) in [5, 5.41) is 3.38. The number of hydrogen-bond donors (Lipinski definition) is 2. The van der Waals surface area contributed by atoms with Crippen molar-refractivity contribution >= 4 is 5.91 Å². The van der Waals surface area contributed by atoms with Crippen LogP contribution in [0.4, 0.5) is 0 Å². The van der Waals surface area contributed by atoms with E-state index in [0.29, 0.717) is 6.42 Å². The van der Waals surface area contributed by atoms with Crippen LogP contribution < -0.4 is 11.1 Å². The second-order valence-electron chi connectivity index (χ2n) is 5.22. The van der Waals surface area contributed by atoms with Crippen LogP contribution in [0.3, 0.4) is 0 Å². The van der Waals surface area contributed by atoms with Gasteiger partial charge in [-0.15, -0.1) is 0 Å². The Morgan fingerprint density at radius 2 is 1.69 bits per heavy atom. The molecule has 3 heteroatoms. The van der Waals surface area contributed by atoms with E-state index in [-0.39, 0.29) is 11.4 Å². The SMILES string of the molecule is CCCCCCCCNC(C)(C)CC(N)=O. The van der Waals surface area contributed by atoms with Gasteiger partial charge in [-0.25, -0.2) is 0 Å². The molecule has 0 bridgehead atoms. The predicted molar refractivity (Wildman–Crippen MR) is 69.3 cm³/mol. The molecule has 16 heavy (non-hydrogen) atoms. The zero-order chi connectivity index (χ0) is 12.4. The van der Waals surface area contributed by atoms with E-state index in [9.17, 15) is 4.79 Å². The van der Waals surface area contributed by atoms with Crippen molar-refractivity contribution in [3.8, 4) is 0 Å². The van der Waals surface area contributed by atoms with E-state index in [2.05, 4.69) is 12.2 Å². The minimum atomic E-state index is -0.236. The van der Waals surface area contributed by atoms with Gasteiger partial charge in [-0.3, -0.25) is 4.79 Å². The number of unbranched alkanes of at least 4 members (excludes halogenated alkanes) is 5. The van der Waals surface area contributed by atoms with Crippen molar-refractivity contribution in [1.82, 2.24) is 5.32 Å². The maximum atomic E-state index is 10.8. The van der Waals surface area contributed by atoms with E-state index < -0.39 is 0 Å². The molecule has 0 heterocycles. The number of primary amides is 1. The van der Waals surface area contributed by atoms with E-state index in [1.165, 1.54) is 38.5 Å². The largest absolute Gasteiger partial charge is 0.370 e. The summed E-state index contributed by atoms with van der Waals surface area (Å²) in [6.45, 7) is 7.25. The van der Waals surface area contributed by atoms with Gasteiger partial charge in [0, 0.05) is 12.0 Å². The Labute approximate surface area is 100 Å². The highest BCUT2D eigenvalue weighted by atomic mass is 16.1. The Morgan fingerprint density at radius 1 is 1.12 bits per heavy atom. The highest BCUT2D eigenvalue weighted by molar-refractivity contribution is 5.74. The van der Waals surface area contributed by atoms with Crippen molar-refractivity contribution in [2.45, 2.75) is 71.3 Å². The highest BCUT2D eigenvalue weighted by Crippen LogP contribution is 2.09. The highest BCUT2D eigenvalue weighted by Gasteiger charge is 2.18. The fraction of sp³-hybridized carbons (Fsp3) is 0.923. The number of carbonyl (C=O) groups excluding carboxylic acids is 1. The number of nitrogens with one attached hydrogen (secondary N) is 1. The Morgan fingerprint density at radius 3 is 2.25 bits per heavy atom. The van der Waals surface area contributed by atoms with Gasteiger partial charge in [-0.2, -0.15) is 0 Å². The molecule has 0 aliphatic carbocycles. The lowest BCUT2D eigenvalue weighted by Crippen LogP contribution is -2.43. The van der Waals surface area contributed by atoms with Gasteiger partial charge >= 0.3 is 0 Å². The summed E-state index contributed by atoms with van der Waals surface area (Å²) >= 11 is 0.